The minimum absolute atomic E-state index is 0.180. The SMILES string of the molecule is CCn1c(=O)[nH]c2cc3c(cc21)Oc1c(Cl)c2c(c(Cl)c1=N3)Oc1cc3c(cc1N=2)[nH]c(=O)n3C.CCn1c(=O)[nH]c2cc3c(cc21)Oc1c(Cl)c2c(c(Cl)c1=N3)Oc1cc3c(cc1N=2)[nH]c(=O)n3CC.Cn1c(=O)[nH]c2cc3c(cc21)Oc1c(Cl)c2c(c(Cl)c1=N3)Oc1cc3c(cc1N=2)[nH]c(=O)n3C. The molecule has 0 spiro atoms. The van der Waals surface area contributed by atoms with Crippen molar-refractivity contribution in [3.05, 3.63) is 198 Å². The third-order valence-electron chi connectivity index (χ3n) is 18.9. The molecule has 6 aliphatic heterocycles. The summed E-state index contributed by atoms with van der Waals surface area (Å²) in [5, 5.41) is 2.89. The first-order chi connectivity index (χ1) is 50.5. The van der Waals surface area contributed by atoms with E-state index in [0.717, 1.165) is 0 Å². The van der Waals surface area contributed by atoms with E-state index in [0.29, 0.717) is 187 Å². The van der Waals surface area contributed by atoms with Gasteiger partial charge in [0.25, 0.3) is 0 Å². The first kappa shape index (κ1) is 63.8. The Morgan fingerprint density at radius 3 is 0.638 bits per heavy atom. The van der Waals surface area contributed by atoms with E-state index in [-0.39, 0.29) is 98.8 Å². The molecule has 9 aromatic carbocycles. The van der Waals surface area contributed by atoms with Crippen molar-refractivity contribution in [3.63, 3.8) is 0 Å². The minimum Gasteiger partial charge on any atom is -0.451 e. The molecule has 0 saturated carbocycles. The fraction of sp³-hybridized carbons (Fsp3) is 0.130. The van der Waals surface area contributed by atoms with Crippen LogP contribution in [0.15, 0.2) is 132 Å². The van der Waals surface area contributed by atoms with E-state index in [9.17, 15) is 28.8 Å². The van der Waals surface area contributed by atoms with Crippen LogP contribution in [0.4, 0.5) is 34.1 Å². The number of rotatable bonds is 3. The second-order valence-corrected chi connectivity index (χ2v) is 27.0. The molecule has 0 radical (unpaired) electrons. The van der Waals surface area contributed by atoms with Crippen LogP contribution in [0, 0.1) is 0 Å². The summed E-state index contributed by atoms with van der Waals surface area (Å²) in [7, 11) is 4.98. The van der Waals surface area contributed by atoms with Crippen molar-refractivity contribution < 1.29 is 28.4 Å². The fourth-order valence-corrected chi connectivity index (χ4v) is 15.2. The third kappa shape index (κ3) is 9.36. The topological polar surface area (TPSA) is 356 Å². The predicted octanol–water partition coefficient (Wildman–Crippen LogP) is 11.9. The number of H-pyrrole nitrogens is 6. The zero-order chi connectivity index (χ0) is 72.5. The fourth-order valence-electron chi connectivity index (χ4n) is 13.6. The molecule has 6 aliphatic rings. The largest absolute Gasteiger partial charge is 0.451 e. The van der Waals surface area contributed by atoms with Gasteiger partial charge in [-0.1, -0.05) is 69.6 Å². The Hall–Kier alpha value is -12.1. The molecule has 21 rings (SSSR count). The van der Waals surface area contributed by atoms with Gasteiger partial charge < -0.3 is 58.3 Å². The number of imidazole rings is 6. The normalized spacial score (nSPS) is 13.3. The molecule has 15 aromatic rings. The molecule has 0 fully saturated rings. The molecule has 6 aromatic heterocycles. The zero-order valence-corrected chi connectivity index (χ0v) is 59.1. The second kappa shape index (κ2) is 22.7. The number of halogens is 6. The number of nitrogens with one attached hydrogen (secondary N) is 6. The summed E-state index contributed by atoms with van der Waals surface area (Å²) < 4.78 is 46.0. The molecule has 0 amide bonds. The molecule has 36 heteroatoms. The maximum atomic E-state index is 12.3. The number of hydrogen-bond donors (Lipinski definition) is 6. The smallest absolute Gasteiger partial charge is 0.326 e. The van der Waals surface area contributed by atoms with Crippen molar-refractivity contribution in [2.75, 3.05) is 0 Å². The summed E-state index contributed by atoms with van der Waals surface area (Å²) in [5.74, 6) is 4.04. The summed E-state index contributed by atoms with van der Waals surface area (Å²) in [6, 6.07) is 20.7. The molecular formula is C69H42Cl6N18O12. The molecule has 522 valence electrons. The quantitative estimate of drug-likeness (QED) is 0.0961. The number of nitrogens with zero attached hydrogens (tertiary/aromatic N) is 12. The highest BCUT2D eigenvalue weighted by atomic mass is 35.5. The highest BCUT2D eigenvalue weighted by Crippen LogP contribution is 2.49. The van der Waals surface area contributed by atoms with Crippen LogP contribution in [-0.4, -0.2) is 57.3 Å². The Balaban J connectivity index is 0.000000108. The van der Waals surface area contributed by atoms with Crippen LogP contribution in [0.2, 0.25) is 30.1 Å². The highest BCUT2D eigenvalue weighted by Gasteiger charge is 2.33. The lowest BCUT2D eigenvalue weighted by Crippen LogP contribution is -2.22. The van der Waals surface area contributed by atoms with Gasteiger partial charge in [-0.05, 0) is 57.2 Å². The number of aromatic amines is 6. The molecule has 105 heavy (non-hydrogen) atoms. The van der Waals surface area contributed by atoms with Crippen molar-refractivity contribution in [1.82, 2.24) is 57.3 Å². The van der Waals surface area contributed by atoms with E-state index in [4.69, 9.17) is 98.0 Å². The standard InChI is InChI=1S/C24H16Cl2N6O4.C23H14Cl2N6O4.C22H12Cl2N6O4/c1-3-31-13-7-15-11(5-9(13)29-23(31)33)27-19-18(26)22-20(17(25)21(19)35-15)28-12-6-10-14(8-16(12)36-22)32(4-2)24(34)30-10;1-3-31-13-7-15-11(5-9(13)29-23(31)33)27-19-16(24)20-18(17(25)21(19)35-15)26-10-4-8-12(6-14(10)34-20)30(2)22(32)28-8;1-29-11-5-13-9(3-7(11)27-21(29)31)25-17-16(24)20-18(15(23)19(17)33-13)26-10-4-8-12(6-14(10)34-20)30(2)22(32)28-8/h5-8H,3-4H2,1-2H3,(H,29,33)(H,30,34);4-7H,3H2,1-2H3,(H,28,32)(H,29,33);3-6H,1-2H3,(H,27,31)(H,28,32). The van der Waals surface area contributed by atoms with Crippen LogP contribution < -0.4 is 94.7 Å². The maximum Gasteiger partial charge on any atom is 0.326 e. The van der Waals surface area contributed by atoms with E-state index in [1.54, 1.807) is 108 Å². The van der Waals surface area contributed by atoms with Crippen LogP contribution in [0.3, 0.4) is 0 Å². The molecular weight excluding hydrogens is 1490 g/mol. The lowest BCUT2D eigenvalue weighted by atomic mass is 10.2. The summed E-state index contributed by atoms with van der Waals surface area (Å²) >= 11 is 40.4. The Morgan fingerprint density at radius 2 is 0.448 bits per heavy atom. The van der Waals surface area contributed by atoms with Gasteiger partial charge in [0, 0.05) is 77.2 Å². The average Bonchev–Trinajstić information content (AvgIpc) is 1.74. The van der Waals surface area contributed by atoms with Gasteiger partial charge >= 0.3 is 34.1 Å². The van der Waals surface area contributed by atoms with Crippen molar-refractivity contribution in [3.8, 4) is 69.0 Å². The van der Waals surface area contributed by atoms with Gasteiger partial charge in [0.1, 0.15) is 96.4 Å². The van der Waals surface area contributed by atoms with Gasteiger partial charge in [-0.25, -0.2) is 58.7 Å². The number of benzene rings is 9. The van der Waals surface area contributed by atoms with E-state index < -0.39 is 0 Å². The van der Waals surface area contributed by atoms with Crippen LogP contribution in [0.25, 0.3) is 66.2 Å². The summed E-state index contributed by atoms with van der Waals surface area (Å²) in [6.45, 7) is 7.16. The summed E-state index contributed by atoms with van der Waals surface area (Å²) in [5.41, 5.74) is 9.33. The van der Waals surface area contributed by atoms with Crippen LogP contribution >= 0.6 is 69.6 Å². The van der Waals surface area contributed by atoms with E-state index in [2.05, 4.69) is 59.9 Å². The van der Waals surface area contributed by atoms with Gasteiger partial charge in [-0.2, -0.15) is 0 Å². The number of hydrogen-bond acceptors (Lipinski definition) is 18. The van der Waals surface area contributed by atoms with Crippen molar-refractivity contribution in [1.29, 1.82) is 0 Å². The first-order valence-corrected chi connectivity index (χ1v) is 34.3. The number of aromatic nitrogens is 12. The molecule has 0 aliphatic carbocycles. The van der Waals surface area contributed by atoms with E-state index in [1.165, 1.54) is 13.7 Å². The van der Waals surface area contributed by atoms with Crippen molar-refractivity contribution in [2.24, 2.45) is 51.1 Å². The molecule has 30 nitrogen and oxygen atoms in total. The van der Waals surface area contributed by atoms with Gasteiger partial charge in [-0.3, -0.25) is 27.4 Å². The number of ether oxygens (including phenoxy) is 6. The average molecular weight is 1530 g/mol. The maximum absolute atomic E-state index is 12.3. The molecule has 12 heterocycles. The minimum atomic E-state index is -0.250. The Kier molecular flexibility index (Phi) is 13.8. The second-order valence-electron chi connectivity index (χ2n) is 24.7. The molecule has 0 bridgehead atoms. The van der Waals surface area contributed by atoms with Gasteiger partial charge in [0.15, 0.2) is 69.0 Å². The Labute approximate surface area is 610 Å². The Bertz CT molecular complexity index is 7200. The van der Waals surface area contributed by atoms with Crippen LogP contribution in [0.1, 0.15) is 20.8 Å². The molecule has 0 saturated heterocycles. The predicted molar refractivity (Wildman–Crippen MR) is 390 cm³/mol. The Morgan fingerprint density at radius 1 is 0.276 bits per heavy atom. The first-order valence-electron chi connectivity index (χ1n) is 32.0. The monoisotopic (exact) mass is 1520 g/mol. The molecule has 6 N–H and O–H groups in total. The summed E-state index contributed by atoms with van der Waals surface area (Å²) in [6.07, 6.45) is 0. The zero-order valence-electron chi connectivity index (χ0n) is 54.6. The van der Waals surface area contributed by atoms with Crippen molar-refractivity contribution >= 4 is 170 Å². The number of aryl methyl sites for hydroxylation is 6. The summed E-state index contributed by atoms with van der Waals surface area (Å²) in [4.78, 5) is 118. The van der Waals surface area contributed by atoms with Gasteiger partial charge in [0.2, 0.25) is 0 Å². The van der Waals surface area contributed by atoms with E-state index >= 15 is 0 Å². The molecule has 0 atom stereocenters. The van der Waals surface area contributed by atoms with Gasteiger partial charge in [0.05, 0.1) is 66.2 Å². The van der Waals surface area contributed by atoms with E-state index in [1.807, 2.05) is 20.8 Å². The lowest BCUT2D eigenvalue weighted by molar-refractivity contribution is 0.451. The van der Waals surface area contributed by atoms with Gasteiger partial charge in [-0.15, -0.1) is 0 Å². The van der Waals surface area contributed by atoms with Crippen LogP contribution in [0.5, 0.6) is 69.0 Å². The van der Waals surface area contributed by atoms with Crippen LogP contribution in [-0.2, 0) is 40.8 Å². The lowest BCUT2D eigenvalue weighted by Gasteiger charge is -2.21. The van der Waals surface area contributed by atoms with Crippen molar-refractivity contribution in [2.45, 2.75) is 40.4 Å². The third-order valence-corrected chi connectivity index (χ3v) is 21.0. The number of fused-ring (bicyclic) bond motifs is 18. The highest BCUT2D eigenvalue weighted by molar-refractivity contribution is 6.37. The molecule has 0 unspecified atom stereocenters.